The van der Waals surface area contributed by atoms with Gasteiger partial charge in [-0.1, -0.05) is 48.0 Å². The third-order valence-electron chi connectivity index (χ3n) is 3.74. The van der Waals surface area contributed by atoms with Crippen molar-refractivity contribution in [2.24, 2.45) is 4.99 Å². The highest BCUT2D eigenvalue weighted by Crippen LogP contribution is 2.28. The number of esters is 1. The van der Waals surface area contributed by atoms with Gasteiger partial charge in [0.2, 0.25) is 5.90 Å². The quantitative estimate of drug-likeness (QED) is 0.813. The molecule has 0 aliphatic carbocycles. The topological polar surface area (TPSA) is 38.7 Å². The number of alkyl halides is 1. The number of benzene rings is 2. The van der Waals surface area contributed by atoms with E-state index in [1.807, 2.05) is 49.4 Å². The number of aryl methyl sites for hydroxylation is 1. The summed E-state index contributed by atoms with van der Waals surface area (Å²) in [4.78, 5) is 16.5. The summed E-state index contributed by atoms with van der Waals surface area (Å²) >= 11 is 0. The van der Waals surface area contributed by atoms with Crippen molar-refractivity contribution in [2.45, 2.75) is 18.9 Å². The van der Waals surface area contributed by atoms with Crippen molar-refractivity contribution in [1.29, 1.82) is 0 Å². The van der Waals surface area contributed by atoms with Gasteiger partial charge in [0.15, 0.2) is 5.54 Å². The lowest BCUT2D eigenvalue weighted by atomic mass is 9.93. The molecule has 1 aliphatic heterocycles. The Hall–Kier alpha value is -2.49. The lowest BCUT2D eigenvalue weighted by molar-refractivity contribution is -0.139. The maximum atomic E-state index is 13.6. The van der Waals surface area contributed by atoms with E-state index in [1.54, 1.807) is 12.1 Å². The number of rotatable bonds is 4. The van der Waals surface area contributed by atoms with E-state index in [1.165, 1.54) is 0 Å². The first kappa shape index (κ1) is 14.4. The molecule has 0 N–H and O–H groups in total. The lowest BCUT2D eigenvalue weighted by Crippen LogP contribution is -2.38. The minimum Gasteiger partial charge on any atom is -0.405 e. The molecule has 0 bridgehead atoms. The van der Waals surface area contributed by atoms with E-state index in [9.17, 15) is 9.18 Å². The zero-order chi connectivity index (χ0) is 15.6. The smallest absolute Gasteiger partial charge is 0.344 e. The Morgan fingerprint density at radius 1 is 1.09 bits per heavy atom. The van der Waals surface area contributed by atoms with Gasteiger partial charge in [0.1, 0.15) is 6.67 Å². The average molecular weight is 297 g/mol. The fourth-order valence-corrected chi connectivity index (χ4v) is 2.44. The van der Waals surface area contributed by atoms with E-state index in [2.05, 4.69) is 4.99 Å². The first-order valence-corrected chi connectivity index (χ1v) is 7.12. The largest absolute Gasteiger partial charge is 0.405 e. The van der Waals surface area contributed by atoms with Crippen LogP contribution in [0.3, 0.4) is 0 Å². The van der Waals surface area contributed by atoms with Crippen molar-refractivity contribution >= 4 is 11.9 Å². The van der Waals surface area contributed by atoms with Crippen LogP contribution in [0.15, 0.2) is 59.6 Å². The third-order valence-corrected chi connectivity index (χ3v) is 3.74. The molecule has 3 rings (SSSR count). The molecule has 2 aromatic rings. The molecule has 0 radical (unpaired) electrons. The Morgan fingerprint density at radius 3 is 2.41 bits per heavy atom. The van der Waals surface area contributed by atoms with Crippen molar-refractivity contribution in [2.75, 3.05) is 6.67 Å². The highest BCUT2D eigenvalue weighted by Gasteiger charge is 2.46. The van der Waals surface area contributed by atoms with Gasteiger partial charge >= 0.3 is 5.97 Å². The Labute approximate surface area is 128 Å². The molecule has 1 unspecified atom stereocenters. The van der Waals surface area contributed by atoms with Crippen LogP contribution >= 0.6 is 0 Å². The molecule has 4 heteroatoms. The number of cyclic esters (lactones) is 1. The van der Waals surface area contributed by atoms with E-state index >= 15 is 0 Å². The first-order chi connectivity index (χ1) is 10.6. The number of ether oxygens (including phenoxy) is 1. The molecule has 1 heterocycles. The highest BCUT2D eigenvalue weighted by molar-refractivity contribution is 6.08. The molecule has 112 valence electrons. The van der Waals surface area contributed by atoms with Crippen LogP contribution in [-0.4, -0.2) is 24.1 Å². The van der Waals surface area contributed by atoms with E-state index in [-0.39, 0.29) is 12.3 Å². The van der Waals surface area contributed by atoms with Crippen LogP contribution < -0.4 is 0 Å². The van der Waals surface area contributed by atoms with Crippen LogP contribution in [0.5, 0.6) is 0 Å². The second-order valence-electron chi connectivity index (χ2n) is 5.50. The monoisotopic (exact) mass is 297 g/mol. The number of halogens is 1. The molecule has 1 aliphatic rings. The second kappa shape index (κ2) is 5.72. The summed E-state index contributed by atoms with van der Waals surface area (Å²) in [6, 6.07) is 16.7. The summed E-state index contributed by atoms with van der Waals surface area (Å²) in [6.07, 6.45) is 0.193. The zero-order valence-corrected chi connectivity index (χ0v) is 12.3. The van der Waals surface area contributed by atoms with Gasteiger partial charge in [-0.3, -0.25) is 0 Å². The van der Waals surface area contributed by atoms with Crippen molar-refractivity contribution in [3.05, 3.63) is 71.3 Å². The second-order valence-corrected chi connectivity index (χ2v) is 5.50. The molecule has 0 saturated carbocycles. The molecule has 0 fully saturated rings. The predicted molar refractivity (Wildman–Crippen MR) is 82.7 cm³/mol. The molecule has 1 atom stereocenters. The Balaban J connectivity index is 1.93. The summed E-state index contributed by atoms with van der Waals surface area (Å²) in [6.45, 7) is 1.10. The molecular weight excluding hydrogens is 281 g/mol. The van der Waals surface area contributed by atoms with Gasteiger partial charge in [0.05, 0.1) is 0 Å². The number of nitrogens with zero attached hydrogens (tertiary/aromatic N) is 1. The van der Waals surface area contributed by atoms with E-state index in [4.69, 9.17) is 4.74 Å². The van der Waals surface area contributed by atoms with Gasteiger partial charge in [0.25, 0.3) is 0 Å². The fraction of sp³-hybridized carbons (Fsp3) is 0.222. The normalized spacial score (nSPS) is 20.6. The molecular formula is C18H16FNO2. The predicted octanol–water partition coefficient (Wildman–Crippen LogP) is 3.25. The molecule has 2 aromatic carbocycles. The highest BCUT2D eigenvalue weighted by atomic mass is 19.1. The van der Waals surface area contributed by atoms with Gasteiger partial charge in [-0.2, -0.15) is 0 Å². The summed E-state index contributed by atoms with van der Waals surface area (Å²) in [7, 11) is 0. The summed E-state index contributed by atoms with van der Waals surface area (Å²) in [5.41, 5.74) is 1.18. The number of hydrogen-bond donors (Lipinski definition) is 0. The minimum absolute atomic E-state index is 0.190. The van der Waals surface area contributed by atoms with Gasteiger partial charge in [-0.05, 0) is 24.6 Å². The van der Waals surface area contributed by atoms with Crippen LogP contribution in [0.2, 0.25) is 0 Å². The number of hydrogen-bond acceptors (Lipinski definition) is 3. The Morgan fingerprint density at radius 2 is 1.77 bits per heavy atom. The molecule has 0 amide bonds. The standard InChI is InChI=1S/C18H16FNO2/c1-13-7-9-14(10-8-13)11-18(12-19)17(21)22-16(20-18)15-5-3-2-4-6-15/h2-10H,11-12H2,1H3. The zero-order valence-electron chi connectivity index (χ0n) is 12.3. The van der Waals surface area contributed by atoms with Crippen molar-refractivity contribution in [3.63, 3.8) is 0 Å². The number of carbonyl (C=O) groups excluding carboxylic acids is 1. The summed E-state index contributed by atoms with van der Waals surface area (Å²) in [5, 5.41) is 0. The minimum atomic E-state index is -1.47. The summed E-state index contributed by atoms with van der Waals surface area (Å²) in [5.74, 6) is -0.440. The molecule has 0 aromatic heterocycles. The van der Waals surface area contributed by atoms with Crippen LogP contribution in [0.1, 0.15) is 16.7 Å². The van der Waals surface area contributed by atoms with Crippen LogP contribution in [0.25, 0.3) is 0 Å². The van der Waals surface area contributed by atoms with Crippen LogP contribution in [0.4, 0.5) is 4.39 Å². The molecule has 3 nitrogen and oxygen atoms in total. The van der Waals surface area contributed by atoms with Crippen LogP contribution in [0, 0.1) is 6.92 Å². The molecule has 22 heavy (non-hydrogen) atoms. The number of aliphatic imine (C=N–C) groups is 1. The SMILES string of the molecule is Cc1ccc(CC2(CF)N=C(c3ccccc3)OC2=O)cc1. The van der Waals surface area contributed by atoms with E-state index in [0.717, 1.165) is 11.1 Å². The maximum absolute atomic E-state index is 13.6. The third kappa shape index (κ3) is 2.64. The maximum Gasteiger partial charge on any atom is 0.344 e. The van der Waals surface area contributed by atoms with Crippen molar-refractivity contribution < 1.29 is 13.9 Å². The fourth-order valence-electron chi connectivity index (χ4n) is 2.44. The van der Waals surface area contributed by atoms with Crippen molar-refractivity contribution in [3.8, 4) is 0 Å². The van der Waals surface area contributed by atoms with Gasteiger partial charge < -0.3 is 4.74 Å². The van der Waals surface area contributed by atoms with Gasteiger partial charge in [-0.15, -0.1) is 0 Å². The van der Waals surface area contributed by atoms with Crippen molar-refractivity contribution in [1.82, 2.24) is 0 Å². The summed E-state index contributed by atoms with van der Waals surface area (Å²) < 4.78 is 18.9. The van der Waals surface area contributed by atoms with Gasteiger partial charge in [-0.25, -0.2) is 14.2 Å². The lowest BCUT2D eigenvalue weighted by Gasteiger charge is -2.17. The molecule has 0 spiro atoms. The van der Waals surface area contributed by atoms with Crippen LogP contribution in [-0.2, 0) is 16.0 Å². The average Bonchev–Trinajstić information content (AvgIpc) is 2.88. The Bertz CT molecular complexity index is 710. The molecule has 0 saturated heterocycles. The van der Waals surface area contributed by atoms with E-state index < -0.39 is 18.2 Å². The first-order valence-electron chi connectivity index (χ1n) is 7.12. The van der Waals surface area contributed by atoms with Gasteiger partial charge in [0, 0.05) is 12.0 Å². The Kier molecular flexibility index (Phi) is 3.75. The number of carbonyl (C=O) groups is 1. The van der Waals surface area contributed by atoms with E-state index in [0.29, 0.717) is 5.56 Å².